The molecule has 2 aromatic rings. The Balaban J connectivity index is 3.03. The van der Waals surface area contributed by atoms with Gasteiger partial charge in [0.25, 0.3) is 5.56 Å². The quantitative estimate of drug-likeness (QED) is 0.630. The SMILES string of the molecule is Cn1cc2c(F)cc(=O)[nH]c2nc1=O. The van der Waals surface area contributed by atoms with Gasteiger partial charge in [0, 0.05) is 19.3 Å². The van der Waals surface area contributed by atoms with E-state index in [1.165, 1.54) is 13.2 Å². The molecule has 1 N–H and O–H groups in total. The fourth-order valence-electron chi connectivity index (χ4n) is 1.16. The molecular weight excluding hydrogens is 189 g/mol. The maximum atomic E-state index is 13.2. The number of hydrogen-bond donors (Lipinski definition) is 1. The third-order valence-corrected chi connectivity index (χ3v) is 1.84. The van der Waals surface area contributed by atoms with Crippen molar-refractivity contribution in [2.45, 2.75) is 0 Å². The number of aromatic nitrogens is 3. The van der Waals surface area contributed by atoms with Gasteiger partial charge in [0.05, 0.1) is 5.39 Å². The number of halogens is 1. The summed E-state index contributed by atoms with van der Waals surface area (Å²) in [6.45, 7) is 0. The molecule has 0 radical (unpaired) electrons. The Morgan fingerprint density at radius 1 is 1.50 bits per heavy atom. The van der Waals surface area contributed by atoms with E-state index in [2.05, 4.69) is 9.97 Å². The van der Waals surface area contributed by atoms with Gasteiger partial charge in [0.1, 0.15) is 11.5 Å². The predicted molar refractivity (Wildman–Crippen MR) is 47.6 cm³/mol. The van der Waals surface area contributed by atoms with Gasteiger partial charge in [0.15, 0.2) is 0 Å². The fraction of sp³-hybridized carbons (Fsp3) is 0.125. The number of nitrogens with one attached hydrogen (secondary N) is 1. The Kier molecular flexibility index (Phi) is 1.70. The van der Waals surface area contributed by atoms with Gasteiger partial charge in [0.2, 0.25) is 0 Å². The first-order valence-corrected chi connectivity index (χ1v) is 3.84. The van der Waals surface area contributed by atoms with Crippen LogP contribution in [0.25, 0.3) is 11.0 Å². The number of pyridine rings is 1. The summed E-state index contributed by atoms with van der Waals surface area (Å²) in [5.74, 6) is -0.688. The molecule has 0 unspecified atom stereocenters. The van der Waals surface area contributed by atoms with E-state index < -0.39 is 17.1 Å². The predicted octanol–water partition coefficient (Wildman–Crippen LogP) is -0.239. The summed E-state index contributed by atoms with van der Waals surface area (Å²) < 4.78 is 14.3. The molecule has 0 amide bonds. The van der Waals surface area contributed by atoms with Crippen molar-refractivity contribution in [1.82, 2.24) is 14.5 Å². The highest BCUT2D eigenvalue weighted by Gasteiger charge is 2.05. The zero-order chi connectivity index (χ0) is 10.3. The van der Waals surface area contributed by atoms with Crippen LogP contribution in [0.1, 0.15) is 0 Å². The van der Waals surface area contributed by atoms with Crippen LogP contribution >= 0.6 is 0 Å². The first kappa shape index (κ1) is 8.61. The van der Waals surface area contributed by atoms with Gasteiger partial charge in [-0.25, -0.2) is 9.18 Å². The summed E-state index contributed by atoms with van der Waals surface area (Å²) in [4.78, 5) is 27.7. The van der Waals surface area contributed by atoms with Crippen LogP contribution in [0.5, 0.6) is 0 Å². The number of fused-ring (bicyclic) bond motifs is 1. The van der Waals surface area contributed by atoms with Crippen molar-refractivity contribution in [2.24, 2.45) is 7.05 Å². The lowest BCUT2D eigenvalue weighted by molar-refractivity contribution is 0.633. The molecule has 0 spiro atoms. The van der Waals surface area contributed by atoms with Crippen LogP contribution in [0.3, 0.4) is 0 Å². The minimum absolute atomic E-state index is 0.0295. The molecule has 0 aliphatic rings. The zero-order valence-electron chi connectivity index (χ0n) is 7.24. The first-order chi connectivity index (χ1) is 6.58. The largest absolute Gasteiger partial charge is 0.349 e. The molecule has 0 saturated heterocycles. The molecule has 14 heavy (non-hydrogen) atoms. The Morgan fingerprint density at radius 2 is 2.21 bits per heavy atom. The lowest BCUT2D eigenvalue weighted by Crippen LogP contribution is -2.21. The first-order valence-electron chi connectivity index (χ1n) is 3.84. The lowest BCUT2D eigenvalue weighted by Gasteiger charge is -1.99. The molecule has 0 atom stereocenters. The Morgan fingerprint density at radius 3 is 2.93 bits per heavy atom. The maximum Gasteiger partial charge on any atom is 0.349 e. The third kappa shape index (κ3) is 1.20. The van der Waals surface area contributed by atoms with Gasteiger partial charge in [-0.2, -0.15) is 4.98 Å². The Bertz CT molecular complexity index is 614. The summed E-state index contributed by atoms with van der Waals surface area (Å²) in [6, 6.07) is 0.814. The Labute approximate surface area is 76.8 Å². The van der Waals surface area contributed by atoms with Crippen molar-refractivity contribution in [3.05, 3.63) is 38.9 Å². The van der Waals surface area contributed by atoms with Crippen LogP contribution in [-0.4, -0.2) is 14.5 Å². The lowest BCUT2D eigenvalue weighted by atomic mass is 10.3. The van der Waals surface area contributed by atoms with Crippen LogP contribution in [0.15, 0.2) is 21.9 Å². The van der Waals surface area contributed by atoms with Gasteiger partial charge in [-0.1, -0.05) is 0 Å². The van der Waals surface area contributed by atoms with E-state index in [-0.39, 0.29) is 11.0 Å². The van der Waals surface area contributed by atoms with Gasteiger partial charge in [-0.05, 0) is 0 Å². The Hall–Kier alpha value is -1.98. The van der Waals surface area contributed by atoms with Crippen molar-refractivity contribution in [2.75, 3.05) is 0 Å². The minimum atomic E-state index is -0.688. The molecule has 0 saturated carbocycles. The van der Waals surface area contributed by atoms with Gasteiger partial charge in [-0.3, -0.25) is 4.79 Å². The molecular formula is C8H6FN3O2. The molecule has 0 fully saturated rings. The summed E-state index contributed by atoms with van der Waals surface area (Å²) >= 11 is 0. The van der Waals surface area contributed by atoms with Crippen LogP contribution in [0.2, 0.25) is 0 Å². The van der Waals surface area contributed by atoms with Crippen LogP contribution in [-0.2, 0) is 7.05 Å². The van der Waals surface area contributed by atoms with Crippen LogP contribution < -0.4 is 11.2 Å². The topological polar surface area (TPSA) is 67.8 Å². The molecule has 6 heteroatoms. The molecule has 0 aromatic carbocycles. The second-order valence-electron chi connectivity index (χ2n) is 2.88. The number of H-pyrrole nitrogens is 1. The van der Waals surface area contributed by atoms with Crippen molar-refractivity contribution < 1.29 is 4.39 Å². The van der Waals surface area contributed by atoms with Gasteiger partial charge >= 0.3 is 5.69 Å². The summed E-state index contributed by atoms with van der Waals surface area (Å²) in [5, 5.41) is 0.117. The third-order valence-electron chi connectivity index (χ3n) is 1.84. The van der Waals surface area contributed by atoms with Gasteiger partial charge in [-0.15, -0.1) is 0 Å². The number of rotatable bonds is 0. The van der Waals surface area contributed by atoms with Crippen molar-refractivity contribution in [3.63, 3.8) is 0 Å². The van der Waals surface area contributed by atoms with E-state index in [1.54, 1.807) is 0 Å². The standard InChI is InChI=1S/C8H6FN3O2/c1-12-3-4-5(9)2-6(13)10-7(4)11-8(12)14/h2-3H,1H3,(H,10,11,13,14). The van der Waals surface area contributed by atoms with E-state index in [4.69, 9.17) is 0 Å². The van der Waals surface area contributed by atoms with Crippen molar-refractivity contribution in [3.8, 4) is 0 Å². The van der Waals surface area contributed by atoms with Crippen LogP contribution in [0, 0.1) is 5.82 Å². The number of aryl methyl sites for hydroxylation is 1. The fourth-order valence-corrected chi connectivity index (χ4v) is 1.16. The molecule has 2 aromatic heterocycles. The summed E-state index contributed by atoms with van der Waals surface area (Å²) in [6.07, 6.45) is 1.29. The number of nitrogens with zero attached hydrogens (tertiary/aromatic N) is 2. The average Bonchev–Trinajstić information content (AvgIpc) is 2.08. The summed E-state index contributed by atoms with van der Waals surface area (Å²) in [7, 11) is 1.46. The molecule has 0 bridgehead atoms. The summed E-state index contributed by atoms with van der Waals surface area (Å²) in [5.41, 5.74) is -1.19. The highest BCUT2D eigenvalue weighted by atomic mass is 19.1. The number of hydrogen-bond acceptors (Lipinski definition) is 3. The van der Waals surface area contributed by atoms with Gasteiger partial charge < -0.3 is 9.55 Å². The maximum absolute atomic E-state index is 13.2. The van der Waals surface area contributed by atoms with E-state index >= 15 is 0 Å². The second-order valence-corrected chi connectivity index (χ2v) is 2.88. The average molecular weight is 195 g/mol. The highest BCUT2D eigenvalue weighted by molar-refractivity contribution is 5.73. The van der Waals surface area contributed by atoms with Crippen LogP contribution in [0.4, 0.5) is 4.39 Å². The van der Waals surface area contributed by atoms with Crippen molar-refractivity contribution in [1.29, 1.82) is 0 Å². The molecule has 0 aliphatic carbocycles. The van der Waals surface area contributed by atoms with E-state index in [0.717, 1.165) is 10.6 Å². The van der Waals surface area contributed by atoms with Crippen molar-refractivity contribution >= 4 is 11.0 Å². The molecule has 2 heterocycles. The monoisotopic (exact) mass is 195 g/mol. The zero-order valence-corrected chi connectivity index (χ0v) is 7.24. The molecule has 2 rings (SSSR count). The molecule has 0 aliphatic heterocycles. The molecule has 5 nitrogen and oxygen atoms in total. The second kappa shape index (κ2) is 2.76. The normalized spacial score (nSPS) is 10.7. The van der Waals surface area contributed by atoms with E-state index in [1.807, 2.05) is 0 Å². The highest BCUT2D eigenvalue weighted by Crippen LogP contribution is 2.07. The smallest absolute Gasteiger partial charge is 0.306 e. The molecule has 72 valence electrons. The van der Waals surface area contributed by atoms with E-state index in [9.17, 15) is 14.0 Å². The number of aromatic amines is 1. The minimum Gasteiger partial charge on any atom is -0.306 e. The van der Waals surface area contributed by atoms with E-state index in [0.29, 0.717) is 0 Å².